The van der Waals surface area contributed by atoms with E-state index in [4.69, 9.17) is 0 Å². The molecule has 0 amide bonds. The molecule has 0 saturated heterocycles. The van der Waals surface area contributed by atoms with E-state index in [0.717, 1.165) is 53.4 Å². The molecule has 15 aromatic rings. The Hall–Kier alpha value is -10.9. The molecule has 2 aliphatic heterocycles. The van der Waals surface area contributed by atoms with Crippen LogP contribution in [0.3, 0.4) is 0 Å². The van der Waals surface area contributed by atoms with E-state index in [9.17, 15) is 0 Å². The highest BCUT2D eigenvalue weighted by atomic mass is 15.2. The molecule has 0 N–H and O–H groups in total. The summed E-state index contributed by atoms with van der Waals surface area (Å²) in [7, 11) is 0. The third-order valence-electron chi connectivity index (χ3n) is 27.9. The van der Waals surface area contributed by atoms with E-state index in [1.165, 1.54) is 177 Å². The Balaban J connectivity index is 1.09. The number of aromatic nitrogens is 2. The zero-order valence-corrected chi connectivity index (χ0v) is 85.1. The van der Waals surface area contributed by atoms with Crippen LogP contribution in [0.4, 0.5) is 34.1 Å². The first-order chi connectivity index (χ1) is 60.3. The minimum absolute atomic E-state index is 0.0663. The zero-order valence-electron chi connectivity index (χ0n) is 85.1. The van der Waals surface area contributed by atoms with Crippen LogP contribution in [0.25, 0.3) is 99.5 Å². The Labute approximate surface area is 781 Å². The average molecular weight is 1710 g/mol. The molecule has 0 unspecified atom stereocenters. The van der Waals surface area contributed by atoms with Crippen molar-refractivity contribution in [1.29, 1.82) is 0 Å². The first-order valence-corrected chi connectivity index (χ1v) is 48.3. The molecule has 17 rings (SSSR count). The van der Waals surface area contributed by atoms with Gasteiger partial charge in [-0.05, 0) is 299 Å². The Kier molecular flexibility index (Phi) is 22.0. The monoisotopic (exact) mass is 1710 g/mol. The Morgan fingerprint density at radius 1 is 0.215 bits per heavy atom. The lowest BCUT2D eigenvalue weighted by atomic mass is 9.33. The van der Waals surface area contributed by atoms with Gasteiger partial charge in [0.25, 0.3) is 6.71 Å². The van der Waals surface area contributed by atoms with Gasteiger partial charge in [0.15, 0.2) is 0 Å². The summed E-state index contributed by atoms with van der Waals surface area (Å²) in [5.74, 6) is 0. The summed E-state index contributed by atoms with van der Waals surface area (Å²) in [6.45, 7) is 78.3. The molecule has 2 aliphatic rings. The quantitative estimate of drug-likeness (QED) is 0.120. The van der Waals surface area contributed by atoms with Crippen molar-refractivity contribution in [2.45, 2.75) is 291 Å². The van der Waals surface area contributed by atoms with Crippen molar-refractivity contribution in [2.75, 3.05) is 9.80 Å². The van der Waals surface area contributed by atoms with Gasteiger partial charge in [0.1, 0.15) is 0 Å². The van der Waals surface area contributed by atoms with E-state index in [2.05, 4.69) is 490 Å². The summed E-state index contributed by atoms with van der Waals surface area (Å²) < 4.78 is 5.22. The minimum atomic E-state index is -0.274. The van der Waals surface area contributed by atoms with Gasteiger partial charge in [-0.15, -0.1) is 0 Å². The Bertz CT molecular complexity index is 6460. The second-order valence-electron chi connectivity index (χ2n) is 50.8. The number of rotatable bonds is 11. The fourth-order valence-electron chi connectivity index (χ4n) is 20.7. The van der Waals surface area contributed by atoms with Crippen LogP contribution in [-0.2, 0) is 62.6 Å². The van der Waals surface area contributed by atoms with Gasteiger partial charge in [-0.25, -0.2) is 0 Å². The summed E-state index contributed by atoms with van der Waals surface area (Å²) in [6.07, 6.45) is 2.55. The van der Waals surface area contributed by atoms with E-state index in [0.29, 0.717) is 0 Å². The second-order valence-corrected chi connectivity index (χ2v) is 50.8. The minimum Gasteiger partial charge on any atom is -0.311 e. The summed E-state index contributed by atoms with van der Waals surface area (Å²) in [4.78, 5) is 5.63. The van der Waals surface area contributed by atoms with Crippen LogP contribution in [0.2, 0.25) is 0 Å². The summed E-state index contributed by atoms with van der Waals surface area (Å²) in [6, 6.07) is 99.1. The molecule has 4 nitrogen and oxygen atoms in total. The molecule has 0 radical (unpaired) electrons. The molecule has 668 valence electrons. The third kappa shape index (κ3) is 17.3. The van der Waals surface area contributed by atoms with Crippen molar-refractivity contribution in [3.63, 3.8) is 0 Å². The van der Waals surface area contributed by atoms with E-state index in [1.807, 2.05) is 0 Å². The van der Waals surface area contributed by atoms with E-state index in [-0.39, 0.29) is 66.3 Å². The molecule has 0 spiro atoms. The average Bonchev–Trinajstić information content (AvgIpc) is 0.866. The van der Waals surface area contributed by atoms with Crippen LogP contribution in [0.1, 0.15) is 290 Å². The van der Waals surface area contributed by atoms with Crippen molar-refractivity contribution >= 4 is 101 Å². The second kappa shape index (κ2) is 31.4. The lowest BCUT2D eigenvalue weighted by Crippen LogP contribution is -2.61. The molecule has 2 aromatic heterocycles. The Morgan fingerprint density at radius 3 is 0.738 bits per heavy atom. The predicted molar refractivity (Wildman–Crippen MR) is 570 cm³/mol. The van der Waals surface area contributed by atoms with Gasteiger partial charge in [0, 0.05) is 66.8 Å². The van der Waals surface area contributed by atoms with Gasteiger partial charge in [0.2, 0.25) is 0 Å². The molecule has 0 saturated carbocycles. The lowest BCUT2D eigenvalue weighted by molar-refractivity contribution is 0.411. The van der Waals surface area contributed by atoms with Gasteiger partial charge < -0.3 is 18.9 Å². The van der Waals surface area contributed by atoms with Crippen LogP contribution in [0, 0.1) is 16.2 Å². The fraction of sp³-hybridized carbons (Fsp3) is 0.376. The van der Waals surface area contributed by atoms with Crippen LogP contribution < -0.4 is 26.2 Å². The van der Waals surface area contributed by atoms with E-state index in [1.54, 1.807) is 0 Å². The lowest BCUT2D eigenvalue weighted by Gasteiger charge is -2.46. The predicted octanol–water partition coefficient (Wildman–Crippen LogP) is 33.8. The number of fused-ring (bicyclic) bond motifs is 10. The maximum atomic E-state index is 2.82. The number of hydrogen-bond acceptors (Lipinski definition) is 2. The van der Waals surface area contributed by atoms with Gasteiger partial charge in [-0.2, -0.15) is 0 Å². The van der Waals surface area contributed by atoms with E-state index < -0.39 is 0 Å². The van der Waals surface area contributed by atoms with Gasteiger partial charge >= 0.3 is 0 Å². The smallest absolute Gasteiger partial charge is 0.252 e. The standard InChI is InChI=1S/C125H145BN4/c1-115(2,3)74-77-58-112-114-113(59-77)130(109-73-95(79-39-35-43-85(61-79)119(13,14)15)83(76-117(7,8)9)65-97(109)81-41-37-45-87(63-81)121(19,20)21)111-71-93(128-106-56-48-90(124(28,29)30)68-100(106)101-69-91(125(31,32)33)49-57-107(101)128)51-53-103(111)126(114)102-52-50-92(127-104-54-46-88(122(22,23)24)66-98(104)99-67-89(123(25,26)27)47-55-105(99)127)70-110(102)129(112)108-72-94(78-38-34-42-84(60-78)118(10,11)12)82(75-116(4,5)6)64-96(108)80-40-36-44-86(62-80)120(16,17)18/h34-73H,74-76H2,1-33H3. The maximum absolute atomic E-state index is 2.82. The van der Waals surface area contributed by atoms with Crippen molar-refractivity contribution < 1.29 is 0 Å². The van der Waals surface area contributed by atoms with Gasteiger partial charge in [0.05, 0.1) is 33.4 Å². The molecular weight excluding hydrogens is 1570 g/mol. The van der Waals surface area contributed by atoms with Gasteiger partial charge in [-0.1, -0.05) is 362 Å². The first kappa shape index (κ1) is 91.0. The summed E-state index contributed by atoms with van der Waals surface area (Å²) in [5.41, 5.74) is 41.0. The zero-order chi connectivity index (χ0) is 93.7. The molecule has 4 heterocycles. The summed E-state index contributed by atoms with van der Waals surface area (Å²) in [5, 5.41) is 5.09. The highest BCUT2D eigenvalue weighted by Crippen LogP contribution is 2.55. The number of hydrogen-bond donors (Lipinski definition) is 0. The van der Waals surface area contributed by atoms with Crippen LogP contribution >= 0.6 is 0 Å². The number of anilines is 6. The fourth-order valence-corrected chi connectivity index (χ4v) is 20.7. The summed E-state index contributed by atoms with van der Waals surface area (Å²) >= 11 is 0. The SMILES string of the molecule is CC(C)(C)Cc1cc2c3c(c1)N(c1cc(-c4cccc(C(C)(C)C)c4)c(CC(C)(C)C)cc1-c1cccc(C(C)(C)C)c1)c1cc(-n4c5ccc(C(C)(C)C)cc5c5cc(C(C)(C)C)ccc54)ccc1B3c1ccc(-n3c4ccc(C(C)(C)C)cc4c4cc(C(C)(C)C)ccc43)cc1N2c1cc(-c2cccc(C(C)(C)C)c2)c(CC(C)(C)C)cc1-c1cccc(C(C)(C)C)c1. The van der Waals surface area contributed by atoms with Crippen molar-refractivity contribution in [3.05, 3.63) is 304 Å². The van der Waals surface area contributed by atoms with Gasteiger partial charge in [-0.3, -0.25) is 0 Å². The van der Waals surface area contributed by atoms with Crippen LogP contribution in [0.5, 0.6) is 0 Å². The molecule has 13 aromatic carbocycles. The molecular formula is C125H145BN4. The third-order valence-corrected chi connectivity index (χ3v) is 27.9. The van der Waals surface area contributed by atoms with Crippen LogP contribution in [-0.4, -0.2) is 15.8 Å². The normalized spacial score (nSPS) is 13.9. The molecule has 0 fully saturated rings. The largest absolute Gasteiger partial charge is 0.311 e. The highest BCUT2D eigenvalue weighted by Gasteiger charge is 2.46. The highest BCUT2D eigenvalue weighted by molar-refractivity contribution is 7.00. The molecule has 0 aliphatic carbocycles. The van der Waals surface area contributed by atoms with Crippen molar-refractivity contribution in [3.8, 4) is 55.9 Å². The van der Waals surface area contributed by atoms with Crippen molar-refractivity contribution in [2.24, 2.45) is 16.2 Å². The topological polar surface area (TPSA) is 16.3 Å². The molecule has 130 heavy (non-hydrogen) atoms. The maximum Gasteiger partial charge on any atom is 0.252 e. The molecule has 0 bridgehead atoms. The Morgan fingerprint density at radius 2 is 0.477 bits per heavy atom. The molecule has 5 heteroatoms. The first-order valence-electron chi connectivity index (χ1n) is 48.3. The van der Waals surface area contributed by atoms with E-state index >= 15 is 0 Å². The number of benzene rings is 13. The number of nitrogens with zero attached hydrogens (tertiary/aromatic N) is 4. The van der Waals surface area contributed by atoms with Crippen LogP contribution in [0.15, 0.2) is 243 Å². The van der Waals surface area contributed by atoms with Crippen molar-refractivity contribution in [1.82, 2.24) is 9.13 Å². The molecule has 0 atom stereocenters.